The lowest BCUT2D eigenvalue weighted by Crippen LogP contribution is -2.52. The van der Waals surface area contributed by atoms with E-state index in [0.29, 0.717) is 19.8 Å². The maximum Gasteiger partial charge on any atom is 0.290 e. The molecule has 130 valence electrons. The van der Waals surface area contributed by atoms with E-state index in [2.05, 4.69) is 9.88 Å². The summed E-state index contributed by atoms with van der Waals surface area (Å²) in [4.78, 5) is 28.3. The van der Waals surface area contributed by atoms with Crippen LogP contribution < -0.4 is 0 Å². The molecule has 7 heteroatoms. The molecule has 7 nitrogen and oxygen atoms in total. The van der Waals surface area contributed by atoms with Gasteiger partial charge in [0.15, 0.2) is 0 Å². The molecule has 0 saturated carbocycles. The molecule has 2 heterocycles. The lowest BCUT2D eigenvalue weighted by molar-refractivity contribution is -0.122. The van der Waals surface area contributed by atoms with Crippen molar-refractivity contribution in [1.82, 2.24) is 14.8 Å². The number of nitrogens with one attached hydrogen (secondary N) is 1. The van der Waals surface area contributed by atoms with Gasteiger partial charge in [-0.3, -0.25) is 9.59 Å². The molecule has 2 aromatic rings. The van der Waals surface area contributed by atoms with Crippen LogP contribution in [0.5, 0.6) is 0 Å². The van der Waals surface area contributed by atoms with Gasteiger partial charge >= 0.3 is 0 Å². The number of ether oxygens (including phenoxy) is 1. The van der Waals surface area contributed by atoms with Crippen molar-refractivity contribution in [1.29, 1.82) is 0 Å². The Morgan fingerprint density at radius 3 is 2.92 bits per heavy atom. The molecule has 1 atom stereocenters. The van der Waals surface area contributed by atoms with Crippen LogP contribution in [0, 0.1) is 0 Å². The standard InChI is InChI=1S/C16H21N3O2.CH2O2/c1-18(2)10-14-11-21-8-7-19(14)16(20)13-3-4-15-12(9-13)5-6-17-15;2-1-3/h3-6,9,14,17H,7-8,10-11H2,1-2H3;1H,(H,2,3). The second-order valence-corrected chi connectivity index (χ2v) is 5.87. The highest BCUT2D eigenvalue weighted by atomic mass is 16.5. The molecule has 1 aromatic heterocycles. The summed E-state index contributed by atoms with van der Waals surface area (Å²) < 4.78 is 5.53. The van der Waals surface area contributed by atoms with E-state index in [1.807, 2.05) is 49.5 Å². The number of benzene rings is 1. The van der Waals surface area contributed by atoms with E-state index in [9.17, 15) is 4.79 Å². The van der Waals surface area contributed by atoms with Crippen LogP contribution in [0.25, 0.3) is 10.9 Å². The predicted molar refractivity (Wildman–Crippen MR) is 91.2 cm³/mol. The summed E-state index contributed by atoms with van der Waals surface area (Å²) in [5.74, 6) is 0.0910. The Labute approximate surface area is 140 Å². The van der Waals surface area contributed by atoms with Gasteiger partial charge in [0.25, 0.3) is 12.4 Å². The number of H-pyrrole nitrogens is 1. The number of aromatic amines is 1. The molecule has 0 radical (unpaired) electrons. The summed E-state index contributed by atoms with van der Waals surface area (Å²) in [6.07, 6.45) is 1.89. The van der Waals surface area contributed by atoms with Crippen molar-refractivity contribution >= 4 is 23.3 Å². The minimum absolute atomic E-state index is 0.0910. The molecule has 1 aromatic carbocycles. The summed E-state index contributed by atoms with van der Waals surface area (Å²) in [6.45, 7) is 2.44. The van der Waals surface area contributed by atoms with Gasteiger partial charge in [-0.15, -0.1) is 0 Å². The summed E-state index contributed by atoms with van der Waals surface area (Å²) >= 11 is 0. The summed E-state index contributed by atoms with van der Waals surface area (Å²) in [5, 5.41) is 7.96. The number of hydrogen-bond donors (Lipinski definition) is 2. The minimum atomic E-state index is -0.250. The van der Waals surface area contributed by atoms with Gasteiger partial charge in [0.05, 0.1) is 19.3 Å². The van der Waals surface area contributed by atoms with Crippen molar-refractivity contribution in [2.75, 3.05) is 40.4 Å². The number of amides is 1. The van der Waals surface area contributed by atoms with E-state index < -0.39 is 0 Å². The maximum atomic E-state index is 12.8. The number of carbonyl (C=O) groups excluding carboxylic acids is 1. The quantitative estimate of drug-likeness (QED) is 0.826. The number of morpholine rings is 1. The first kappa shape index (κ1) is 18.0. The molecule has 0 aliphatic carbocycles. The Balaban J connectivity index is 0.000000647. The number of carboxylic acid groups (broad SMARTS) is 1. The van der Waals surface area contributed by atoms with Crippen LogP contribution in [0.15, 0.2) is 30.5 Å². The van der Waals surface area contributed by atoms with Crippen LogP contribution >= 0.6 is 0 Å². The van der Waals surface area contributed by atoms with Crippen molar-refractivity contribution in [2.24, 2.45) is 0 Å². The van der Waals surface area contributed by atoms with Crippen molar-refractivity contribution in [3.8, 4) is 0 Å². The van der Waals surface area contributed by atoms with E-state index in [4.69, 9.17) is 14.6 Å². The second kappa shape index (κ2) is 8.47. The van der Waals surface area contributed by atoms with Crippen molar-refractivity contribution in [3.05, 3.63) is 36.0 Å². The Kier molecular flexibility index (Phi) is 6.34. The molecule has 1 fully saturated rings. The van der Waals surface area contributed by atoms with Crippen LogP contribution in [0.4, 0.5) is 0 Å². The predicted octanol–water partition coefficient (Wildman–Crippen LogP) is 1.27. The van der Waals surface area contributed by atoms with Crippen LogP contribution in [-0.2, 0) is 9.53 Å². The average molecular weight is 333 g/mol. The molecule has 1 aliphatic rings. The number of hydrogen-bond acceptors (Lipinski definition) is 4. The van der Waals surface area contributed by atoms with Gasteiger partial charge in [-0.2, -0.15) is 0 Å². The van der Waals surface area contributed by atoms with E-state index in [1.165, 1.54) is 0 Å². The number of rotatable bonds is 3. The zero-order valence-corrected chi connectivity index (χ0v) is 13.9. The molecule has 1 aliphatic heterocycles. The van der Waals surface area contributed by atoms with Gasteiger partial charge < -0.3 is 24.6 Å². The highest BCUT2D eigenvalue weighted by Gasteiger charge is 2.28. The summed E-state index contributed by atoms with van der Waals surface area (Å²) in [6, 6.07) is 7.91. The normalized spacial score (nSPS) is 17.5. The number of nitrogens with zero attached hydrogens (tertiary/aromatic N) is 2. The Morgan fingerprint density at radius 1 is 1.46 bits per heavy atom. The monoisotopic (exact) mass is 333 g/mol. The molecular weight excluding hydrogens is 310 g/mol. The zero-order valence-electron chi connectivity index (χ0n) is 13.9. The third-order valence-electron chi connectivity index (χ3n) is 3.86. The molecule has 2 N–H and O–H groups in total. The molecule has 0 spiro atoms. The van der Waals surface area contributed by atoms with Gasteiger partial charge in [0.2, 0.25) is 0 Å². The minimum Gasteiger partial charge on any atom is -0.483 e. The van der Waals surface area contributed by atoms with Gasteiger partial charge in [-0.25, -0.2) is 0 Å². The molecule has 0 bridgehead atoms. The first-order valence-corrected chi connectivity index (χ1v) is 7.75. The highest BCUT2D eigenvalue weighted by Crippen LogP contribution is 2.18. The fourth-order valence-corrected chi connectivity index (χ4v) is 2.85. The number of aromatic nitrogens is 1. The molecule has 1 saturated heterocycles. The lowest BCUT2D eigenvalue weighted by Gasteiger charge is -2.37. The maximum absolute atomic E-state index is 12.8. The Hall–Kier alpha value is -2.38. The molecule has 1 amide bonds. The lowest BCUT2D eigenvalue weighted by atomic mass is 10.1. The zero-order chi connectivity index (χ0) is 17.5. The SMILES string of the molecule is CN(C)CC1COCCN1C(=O)c1ccc2[nH]ccc2c1.O=CO. The molecule has 24 heavy (non-hydrogen) atoms. The first-order valence-electron chi connectivity index (χ1n) is 7.75. The van der Waals surface area contributed by atoms with Crippen molar-refractivity contribution in [2.45, 2.75) is 6.04 Å². The van der Waals surface area contributed by atoms with Crippen LogP contribution in [0.3, 0.4) is 0 Å². The fourth-order valence-electron chi connectivity index (χ4n) is 2.85. The van der Waals surface area contributed by atoms with E-state index in [1.54, 1.807) is 0 Å². The fraction of sp³-hybridized carbons (Fsp3) is 0.412. The van der Waals surface area contributed by atoms with E-state index >= 15 is 0 Å². The second-order valence-electron chi connectivity index (χ2n) is 5.87. The van der Waals surface area contributed by atoms with E-state index in [0.717, 1.165) is 23.0 Å². The molecular formula is C17H23N3O4. The van der Waals surface area contributed by atoms with Crippen molar-refractivity contribution < 1.29 is 19.4 Å². The molecule has 1 unspecified atom stereocenters. The van der Waals surface area contributed by atoms with Gasteiger partial charge in [0.1, 0.15) is 0 Å². The average Bonchev–Trinajstić information content (AvgIpc) is 3.02. The summed E-state index contributed by atoms with van der Waals surface area (Å²) in [7, 11) is 4.03. The highest BCUT2D eigenvalue weighted by molar-refractivity contribution is 5.98. The third kappa shape index (κ3) is 4.33. The third-order valence-corrected chi connectivity index (χ3v) is 3.86. The van der Waals surface area contributed by atoms with Crippen LogP contribution in [-0.4, -0.2) is 78.7 Å². The van der Waals surface area contributed by atoms with Gasteiger partial charge in [-0.1, -0.05) is 0 Å². The first-order chi connectivity index (χ1) is 11.6. The summed E-state index contributed by atoms with van der Waals surface area (Å²) in [5.41, 5.74) is 1.80. The number of fused-ring (bicyclic) bond motifs is 1. The topological polar surface area (TPSA) is 85.9 Å². The van der Waals surface area contributed by atoms with E-state index in [-0.39, 0.29) is 18.4 Å². The number of carbonyl (C=O) groups is 2. The van der Waals surface area contributed by atoms with Crippen LogP contribution in [0.2, 0.25) is 0 Å². The van der Waals surface area contributed by atoms with Gasteiger partial charge in [-0.05, 0) is 38.4 Å². The largest absolute Gasteiger partial charge is 0.483 e. The Morgan fingerprint density at radius 2 is 2.21 bits per heavy atom. The molecule has 3 rings (SSSR count). The smallest absolute Gasteiger partial charge is 0.290 e. The van der Waals surface area contributed by atoms with Crippen LogP contribution in [0.1, 0.15) is 10.4 Å². The van der Waals surface area contributed by atoms with Crippen molar-refractivity contribution in [3.63, 3.8) is 0 Å². The number of likely N-dealkylation sites (N-methyl/N-ethyl adjacent to an activating group) is 1. The van der Waals surface area contributed by atoms with Gasteiger partial charge in [0, 0.05) is 35.8 Å². The Bertz CT molecular complexity index is 683.